The van der Waals surface area contributed by atoms with Crippen molar-refractivity contribution >= 4 is 5.91 Å². The van der Waals surface area contributed by atoms with E-state index in [1.165, 1.54) is 24.0 Å². The summed E-state index contributed by atoms with van der Waals surface area (Å²) in [6, 6.07) is 6.15. The van der Waals surface area contributed by atoms with Gasteiger partial charge in [0.05, 0.1) is 7.11 Å². The number of rotatable bonds is 3. The summed E-state index contributed by atoms with van der Waals surface area (Å²) in [6.07, 6.45) is 3.59. The second-order valence-electron chi connectivity index (χ2n) is 6.92. The number of ether oxygens (including phenoxy) is 1. The fraction of sp³-hybridized carbons (Fsp3) is 0.611. The average molecular weight is 300 g/mol. The number of carbonyl (C=O) groups excluding carboxylic acids is 1. The van der Waals surface area contributed by atoms with Gasteiger partial charge in [0.1, 0.15) is 5.75 Å². The Kier molecular flexibility index (Phi) is 3.57. The van der Waals surface area contributed by atoms with Crippen LogP contribution in [0, 0.1) is 17.8 Å². The molecule has 22 heavy (non-hydrogen) atoms. The third kappa shape index (κ3) is 2.50. The van der Waals surface area contributed by atoms with E-state index >= 15 is 0 Å². The van der Waals surface area contributed by atoms with Crippen molar-refractivity contribution in [3.8, 4) is 5.75 Å². The molecule has 118 valence electrons. The SMILES string of the molecule is COc1ccc2c(c1)CN(C(=O)[C@@H]1C[C@H]1C1CCNCC1)C2. The monoisotopic (exact) mass is 300 g/mol. The molecule has 2 heterocycles. The molecule has 4 rings (SSSR count). The van der Waals surface area contributed by atoms with Crippen molar-refractivity contribution in [1.29, 1.82) is 0 Å². The van der Waals surface area contributed by atoms with Crippen LogP contribution in [0.1, 0.15) is 30.4 Å². The lowest BCUT2D eigenvalue weighted by Gasteiger charge is -2.23. The molecule has 1 saturated carbocycles. The number of benzene rings is 1. The van der Waals surface area contributed by atoms with Gasteiger partial charge in [0, 0.05) is 19.0 Å². The van der Waals surface area contributed by atoms with E-state index in [0.717, 1.165) is 44.3 Å². The number of nitrogens with zero attached hydrogens (tertiary/aromatic N) is 1. The van der Waals surface area contributed by atoms with Gasteiger partial charge in [-0.25, -0.2) is 0 Å². The Balaban J connectivity index is 1.39. The van der Waals surface area contributed by atoms with Crippen LogP contribution in [0.15, 0.2) is 18.2 Å². The molecule has 0 aromatic heterocycles. The predicted molar refractivity (Wildman–Crippen MR) is 84.4 cm³/mol. The van der Waals surface area contributed by atoms with Gasteiger partial charge in [0.2, 0.25) is 5.91 Å². The summed E-state index contributed by atoms with van der Waals surface area (Å²) in [5.41, 5.74) is 2.51. The minimum absolute atomic E-state index is 0.291. The first-order chi connectivity index (χ1) is 10.8. The molecule has 1 N–H and O–H groups in total. The van der Waals surface area contributed by atoms with E-state index in [1.54, 1.807) is 7.11 Å². The van der Waals surface area contributed by atoms with Gasteiger partial charge in [-0.15, -0.1) is 0 Å². The smallest absolute Gasteiger partial charge is 0.226 e. The van der Waals surface area contributed by atoms with Crippen molar-refractivity contribution in [2.45, 2.75) is 32.4 Å². The molecule has 0 radical (unpaired) electrons. The topological polar surface area (TPSA) is 41.6 Å². The molecule has 1 aliphatic carbocycles. The highest BCUT2D eigenvalue weighted by atomic mass is 16.5. The summed E-state index contributed by atoms with van der Waals surface area (Å²) in [5.74, 6) is 2.96. The molecular weight excluding hydrogens is 276 g/mol. The highest BCUT2D eigenvalue weighted by Crippen LogP contribution is 2.49. The van der Waals surface area contributed by atoms with E-state index in [-0.39, 0.29) is 0 Å². The number of methoxy groups -OCH3 is 1. The fourth-order valence-electron chi connectivity index (χ4n) is 4.18. The molecule has 3 aliphatic rings. The van der Waals surface area contributed by atoms with Crippen molar-refractivity contribution in [3.05, 3.63) is 29.3 Å². The van der Waals surface area contributed by atoms with Gasteiger partial charge in [-0.2, -0.15) is 0 Å². The van der Waals surface area contributed by atoms with Crippen molar-refractivity contribution in [3.63, 3.8) is 0 Å². The van der Waals surface area contributed by atoms with Crippen LogP contribution >= 0.6 is 0 Å². The Morgan fingerprint density at radius 1 is 1.23 bits per heavy atom. The van der Waals surface area contributed by atoms with Crippen molar-refractivity contribution < 1.29 is 9.53 Å². The van der Waals surface area contributed by atoms with Crippen LogP contribution < -0.4 is 10.1 Å². The minimum Gasteiger partial charge on any atom is -0.497 e. The molecular formula is C18H24N2O2. The second-order valence-corrected chi connectivity index (χ2v) is 6.92. The molecule has 1 aromatic carbocycles. The van der Waals surface area contributed by atoms with Crippen LogP contribution in [-0.4, -0.2) is 31.0 Å². The maximum Gasteiger partial charge on any atom is 0.226 e. The zero-order chi connectivity index (χ0) is 15.1. The molecule has 2 aliphatic heterocycles. The number of carbonyl (C=O) groups is 1. The summed E-state index contributed by atoms with van der Waals surface area (Å²) in [5, 5.41) is 3.41. The lowest BCUT2D eigenvalue weighted by Crippen LogP contribution is -2.31. The molecule has 1 amide bonds. The van der Waals surface area contributed by atoms with E-state index in [9.17, 15) is 4.79 Å². The maximum atomic E-state index is 12.8. The van der Waals surface area contributed by atoms with Crippen LogP contribution in [-0.2, 0) is 17.9 Å². The molecule has 0 bridgehead atoms. The third-order valence-corrected chi connectivity index (χ3v) is 5.59. The highest BCUT2D eigenvalue weighted by molar-refractivity contribution is 5.82. The zero-order valence-corrected chi connectivity index (χ0v) is 13.2. The normalized spacial score (nSPS) is 27.6. The number of piperidine rings is 1. The summed E-state index contributed by atoms with van der Waals surface area (Å²) in [6.45, 7) is 3.77. The Hall–Kier alpha value is -1.55. The number of amides is 1. The fourth-order valence-corrected chi connectivity index (χ4v) is 4.18. The minimum atomic E-state index is 0.291. The Bertz CT molecular complexity index is 580. The van der Waals surface area contributed by atoms with Gasteiger partial charge >= 0.3 is 0 Å². The Morgan fingerprint density at radius 3 is 2.77 bits per heavy atom. The molecule has 0 spiro atoms. The Morgan fingerprint density at radius 2 is 2.00 bits per heavy atom. The van der Waals surface area contributed by atoms with Crippen LogP contribution in [0.4, 0.5) is 0 Å². The van der Waals surface area contributed by atoms with Gasteiger partial charge < -0.3 is 15.0 Å². The molecule has 4 heteroatoms. The van der Waals surface area contributed by atoms with Gasteiger partial charge in [-0.3, -0.25) is 4.79 Å². The van der Waals surface area contributed by atoms with E-state index in [0.29, 0.717) is 17.7 Å². The zero-order valence-electron chi connectivity index (χ0n) is 13.2. The first-order valence-corrected chi connectivity index (χ1v) is 8.41. The number of nitrogens with one attached hydrogen (secondary N) is 1. The van der Waals surface area contributed by atoms with E-state index in [4.69, 9.17) is 4.74 Å². The lowest BCUT2D eigenvalue weighted by atomic mass is 9.92. The highest BCUT2D eigenvalue weighted by Gasteiger charge is 2.49. The van der Waals surface area contributed by atoms with E-state index in [2.05, 4.69) is 17.4 Å². The molecule has 2 atom stereocenters. The first kappa shape index (κ1) is 14.1. The van der Waals surface area contributed by atoms with Crippen LogP contribution in [0.3, 0.4) is 0 Å². The standard InChI is InChI=1S/C18H24N2O2/c1-22-15-3-2-13-10-20(11-14(13)8-15)18(21)17-9-16(17)12-4-6-19-7-5-12/h2-3,8,12,16-17,19H,4-7,9-11H2,1H3/t16-,17+/m0/s1. The molecule has 0 unspecified atom stereocenters. The predicted octanol–water partition coefficient (Wildman–Crippen LogP) is 2.17. The summed E-state index contributed by atoms with van der Waals surface area (Å²) in [7, 11) is 1.69. The number of hydrogen-bond acceptors (Lipinski definition) is 3. The van der Waals surface area contributed by atoms with Gasteiger partial charge in [-0.05, 0) is 67.4 Å². The molecule has 4 nitrogen and oxygen atoms in total. The summed E-state index contributed by atoms with van der Waals surface area (Å²) < 4.78 is 5.28. The number of hydrogen-bond donors (Lipinski definition) is 1. The summed E-state index contributed by atoms with van der Waals surface area (Å²) >= 11 is 0. The van der Waals surface area contributed by atoms with Crippen molar-refractivity contribution in [1.82, 2.24) is 10.2 Å². The largest absolute Gasteiger partial charge is 0.497 e. The first-order valence-electron chi connectivity index (χ1n) is 8.41. The van der Waals surface area contributed by atoms with Crippen molar-refractivity contribution in [2.24, 2.45) is 17.8 Å². The van der Waals surface area contributed by atoms with Gasteiger partial charge in [-0.1, -0.05) is 6.07 Å². The third-order valence-electron chi connectivity index (χ3n) is 5.59. The van der Waals surface area contributed by atoms with E-state index in [1.807, 2.05) is 11.0 Å². The molecule has 1 saturated heterocycles. The molecule has 1 aromatic rings. The quantitative estimate of drug-likeness (QED) is 0.930. The van der Waals surface area contributed by atoms with Crippen LogP contribution in [0.5, 0.6) is 5.75 Å². The molecule has 2 fully saturated rings. The van der Waals surface area contributed by atoms with E-state index < -0.39 is 0 Å². The lowest BCUT2D eigenvalue weighted by molar-refractivity contribution is -0.133. The second kappa shape index (κ2) is 5.58. The van der Waals surface area contributed by atoms with Crippen molar-refractivity contribution in [2.75, 3.05) is 20.2 Å². The summed E-state index contributed by atoms with van der Waals surface area (Å²) in [4.78, 5) is 14.8. The van der Waals surface area contributed by atoms with Gasteiger partial charge in [0.25, 0.3) is 0 Å². The Labute approximate surface area is 131 Å². The average Bonchev–Trinajstić information content (AvgIpc) is 3.26. The van der Waals surface area contributed by atoms with Gasteiger partial charge in [0.15, 0.2) is 0 Å². The number of fused-ring (bicyclic) bond motifs is 1. The van der Waals surface area contributed by atoms with Crippen LogP contribution in [0.2, 0.25) is 0 Å². The maximum absolute atomic E-state index is 12.8. The van der Waals surface area contributed by atoms with Crippen LogP contribution in [0.25, 0.3) is 0 Å².